The van der Waals surface area contributed by atoms with Gasteiger partial charge in [-0.15, -0.1) is 0 Å². The Bertz CT molecular complexity index is 406. The van der Waals surface area contributed by atoms with Crippen molar-refractivity contribution in [1.82, 2.24) is 5.32 Å². The van der Waals surface area contributed by atoms with Gasteiger partial charge in [-0.1, -0.05) is 23.2 Å². The molecule has 1 aliphatic rings. The third-order valence-corrected chi connectivity index (χ3v) is 4.05. The van der Waals surface area contributed by atoms with Crippen molar-refractivity contribution in [3.05, 3.63) is 27.7 Å². The zero-order chi connectivity index (χ0) is 12.4. The Kier molecular flexibility index (Phi) is 4.15. The molecule has 0 radical (unpaired) electrons. The molecule has 2 rings (SSSR count). The largest absolute Gasteiger partial charge is 0.508 e. The van der Waals surface area contributed by atoms with Gasteiger partial charge in [0.1, 0.15) is 5.75 Å². The van der Waals surface area contributed by atoms with Gasteiger partial charge in [-0.25, -0.2) is 0 Å². The van der Waals surface area contributed by atoms with Crippen LogP contribution in [0.2, 0.25) is 10.0 Å². The zero-order valence-corrected chi connectivity index (χ0v) is 10.8. The van der Waals surface area contributed by atoms with Gasteiger partial charge in [0, 0.05) is 5.56 Å². The van der Waals surface area contributed by atoms with Crippen LogP contribution in [0.4, 0.5) is 0 Å². The van der Waals surface area contributed by atoms with Crippen LogP contribution in [0.3, 0.4) is 0 Å². The standard InChI is InChI=1S/C12H15Cl2NO2/c13-8-1-2-9(16)10(11(8)14)12(17)7-3-5-15-6-4-7/h1-2,7,12,15-17H,3-6H2. The lowest BCUT2D eigenvalue weighted by Crippen LogP contribution is -2.31. The van der Waals surface area contributed by atoms with E-state index in [2.05, 4.69) is 5.32 Å². The molecule has 0 bridgehead atoms. The zero-order valence-electron chi connectivity index (χ0n) is 9.29. The van der Waals surface area contributed by atoms with Gasteiger partial charge in [-0.3, -0.25) is 0 Å². The number of phenols is 1. The van der Waals surface area contributed by atoms with Crippen molar-refractivity contribution in [3.63, 3.8) is 0 Å². The van der Waals surface area contributed by atoms with E-state index in [1.807, 2.05) is 0 Å². The summed E-state index contributed by atoms with van der Waals surface area (Å²) in [7, 11) is 0. The molecule has 17 heavy (non-hydrogen) atoms. The number of rotatable bonds is 2. The second kappa shape index (κ2) is 5.44. The fraction of sp³-hybridized carbons (Fsp3) is 0.500. The first-order valence-electron chi connectivity index (χ1n) is 5.67. The van der Waals surface area contributed by atoms with Gasteiger partial charge < -0.3 is 15.5 Å². The topological polar surface area (TPSA) is 52.5 Å². The average molecular weight is 276 g/mol. The monoisotopic (exact) mass is 275 g/mol. The molecule has 0 aliphatic carbocycles. The number of aliphatic hydroxyl groups is 1. The van der Waals surface area contributed by atoms with Crippen molar-refractivity contribution in [3.8, 4) is 5.75 Å². The fourth-order valence-electron chi connectivity index (χ4n) is 2.23. The molecule has 1 unspecified atom stereocenters. The molecular formula is C12H15Cl2NO2. The lowest BCUT2D eigenvalue weighted by atomic mass is 9.88. The van der Waals surface area contributed by atoms with Crippen molar-refractivity contribution < 1.29 is 10.2 Å². The molecule has 1 aromatic carbocycles. The quantitative estimate of drug-likeness (QED) is 0.778. The predicted octanol–water partition coefficient (Wildman–Crippen LogP) is 2.73. The van der Waals surface area contributed by atoms with Crippen LogP contribution in [0, 0.1) is 5.92 Å². The highest BCUT2D eigenvalue weighted by Gasteiger charge is 2.27. The van der Waals surface area contributed by atoms with Crippen LogP contribution < -0.4 is 5.32 Å². The third-order valence-electron chi connectivity index (χ3n) is 3.24. The average Bonchev–Trinajstić information content (AvgIpc) is 2.35. The van der Waals surface area contributed by atoms with Crippen LogP contribution >= 0.6 is 23.2 Å². The Balaban J connectivity index is 2.29. The first-order valence-corrected chi connectivity index (χ1v) is 6.42. The highest BCUT2D eigenvalue weighted by Crippen LogP contribution is 2.41. The smallest absolute Gasteiger partial charge is 0.122 e. The second-order valence-electron chi connectivity index (χ2n) is 4.33. The molecule has 1 heterocycles. The van der Waals surface area contributed by atoms with E-state index in [1.54, 1.807) is 0 Å². The molecule has 0 spiro atoms. The van der Waals surface area contributed by atoms with E-state index in [0.717, 1.165) is 25.9 Å². The summed E-state index contributed by atoms with van der Waals surface area (Å²) in [4.78, 5) is 0. The minimum atomic E-state index is -0.761. The lowest BCUT2D eigenvalue weighted by Gasteiger charge is -2.28. The van der Waals surface area contributed by atoms with E-state index in [-0.39, 0.29) is 16.7 Å². The molecule has 0 saturated carbocycles. The fourth-order valence-corrected chi connectivity index (χ4v) is 2.67. The maximum absolute atomic E-state index is 10.3. The maximum atomic E-state index is 10.3. The number of benzene rings is 1. The Morgan fingerprint density at radius 3 is 2.53 bits per heavy atom. The number of aromatic hydroxyl groups is 1. The molecule has 1 aliphatic heterocycles. The van der Waals surface area contributed by atoms with Crippen LogP contribution in [0.15, 0.2) is 12.1 Å². The second-order valence-corrected chi connectivity index (χ2v) is 5.11. The number of hydrogen-bond donors (Lipinski definition) is 3. The number of hydrogen-bond acceptors (Lipinski definition) is 3. The molecule has 1 saturated heterocycles. The number of halogens is 2. The summed E-state index contributed by atoms with van der Waals surface area (Å²) >= 11 is 11.9. The van der Waals surface area contributed by atoms with E-state index >= 15 is 0 Å². The summed E-state index contributed by atoms with van der Waals surface area (Å²) < 4.78 is 0. The van der Waals surface area contributed by atoms with E-state index < -0.39 is 6.10 Å². The maximum Gasteiger partial charge on any atom is 0.122 e. The number of piperidine rings is 1. The summed E-state index contributed by atoms with van der Waals surface area (Å²) in [5, 5.41) is 23.9. The molecular weight excluding hydrogens is 261 g/mol. The Morgan fingerprint density at radius 2 is 1.88 bits per heavy atom. The minimum Gasteiger partial charge on any atom is -0.508 e. The van der Waals surface area contributed by atoms with Crippen LogP contribution in [0.1, 0.15) is 24.5 Å². The predicted molar refractivity (Wildman–Crippen MR) is 68.7 cm³/mol. The minimum absolute atomic E-state index is 0.00503. The van der Waals surface area contributed by atoms with Gasteiger partial charge in [0.15, 0.2) is 0 Å². The Hall–Kier alpha value is -0.480. The van der Waals surface area contributed by atoms with Gasteiger partial charge in [-0.05, 0) is 44.0 Å². The van der Waals surface area contributed by atoms with Crippen LogP contribution in [-0.4, -0.2) is 23.3 Å². The van der Waals surface area contributed by atoms with Crippen LogP contribution in [0.5, 0.6) is 5.75 Å². The van der Waals surface area contributed by atoms with E-state index in [9.17, 15) is 10.2 Å². The van der Waals surface area contributed by atoms with Gasteiger partial charge >= 0.3 is 0 Å². The third kappa shape index (κ3) is 2.68. The van der Waals surface area contributed by atoms with Crippen molar-refractivity contribution in [1.29, 1.82) is 0 Å². The van der Waals surface area contributed by atoms with Gasteiger partial charge in [0.25, 0.3) is 0 Å². The van der Waals surface area contributed by atoms with Gasteiger partial charge in [0.2, 0.25) is 0 Å². The van der Waals surface area contributed by atoms with Gasteiger partial charge in [-0.2, -0.15) is 0 Å². The molecule has 0 aromatic heterocycles. The molecule has 3 nitrogen and oxygen atoms in total. The molecule has 5 heteroatoms. The van der Waals surface area contributed by atoms with E-state index in [1.165, 1.54) is 12.1 Å². The van der Waals surface area contributed by atoms with E-state index in [4.69, 9.17) is 23.2 Å². The summed E-state index contributed by atoms with van der Waals surface area (Å²) in [6.45, 7) is 1.75. The number of phenolic OH excluding ortho intramolecular Hbond substituents is 1. The highest BCUT2D eigenvalue weighted by atomic mass is 35.5. The number of nitrogens with one attached hydrogen (secondary N) is 1. The van der Waals surface area contributed by atoms with Crippen LogP contribution in [0.25, 0.3) is 0 Å². The lowest BCUT2D eigenvalue weighted by molar-refractivity contribution is 0.0867. The summed E-state index contributed by atoms with van der Waals surface area (Å²) in [5.74, 6) is 0.114. The molecule has 0 amide bonds. The van der Waals surface area contributed by atoms with Crippen molar-refractivity contribution in [2.45, 2.75) is 18.9 Å². The van der Waals surface area contributed by atoms with Crippen molar-refractivity contribution in [2.24, 2.45) is 5.92 Å². The molecule has 1 fully saturated rings. The highest BCUT2D eigenvalue weighted by molar-refractivity contribution is 6.42. The van der Waals surface area contributed by atoms with Crippen molar-refractivity contribution in [2.75, 3.05) is 13.1 Å². The molecule has 94 valence electrons. The summed E-state index contributed by atoms with van der Waals surface area (Å²) in [6, 6.07) is 2.99. The summed E-state index contributed by atoms with van der Waals surface area (Å²) in [5.41, 5.74) is 0.353. The molecule has 1 aromatic rings. The molecule has 3 N–H and O–H groups in total. The SMILES string of the molecule is Oc1ccc(Cl)c(Cl)c1C(O)C1CCNCC1. The first-order chi connectivity index (χ1) is 8.11. The Morgan fingerprint density at radius 1 is 1.24 bits per heavy atom. The van der Waals surface area contributed by atoms with Gasteiger partial charge in [0.05, 0.1) is 16.1 Å². The summed E-state index contributed by atoms with van der Waals surface area (Å²) in [6.07, 6.45) is 0.968. The van der Waals surface area contributed by atoms with Crippen LogP contribution in [-0.2, 0) is 0 Å². The number of aliphatic hydroxyl groups excluding tert-OH is 1. The van der Waals surface area contributed by atoms with Crippen molar-refractivity contribution >= 4 is 23.2 Å². The van der Waals surface area contributed by atoms with E-state index in [0.29, 0.717) is 10.6 Å². The Labute approximate surface area is 110 Å². The molecule has 1 atom stereocenters. The first kappa shape index (κ1) is 13.0. The normalized spacial score (nSPS) is 19.2.